The van der Waals surface area contributed by atoms with Gasteiger partial charge in [0.05, 0.1) is 6.42 Å². The number of rotatable bonds is 8. The SMILES string of the molecule is CCCNC1CCC(CN(C)c2ccc(N3C(=O)Cc4ccccc4C3OC)cc2)CC1. The maximum Gasteiger partial charge on any atom is 0.233 e. The summed E-state index contributed by atoms with van der Waals surface area (Å²) in [4.78, 5) is 17.1. The summed E-state index contributed by atoms with van der Waals surface area (Å²) in [6, 6.07) is 17.1. The number of fused-ring (bicyclic) bond motifs is 1. The van der Waals surface area contributed by atoms with Crippen LogP contribution in [0.3, 0.4) is 0 Å². The van der Waals surface area contributed by atoms with Crippen LogP contribution < -0.4 is 15.1 Å². The molecule has 0 bridgehead atoms. The summed E-state index contributed by atoms with van der Waals surface area (Å²) >= 11 is 0. The Labute approximate surface area is 192 Å². The second kappa shape index (κ2) is 10.5. The van der Waals surface area contributed by atoms with E-state index in [0.717, 1.165) is 35.8 Å². The monoisotopic (exact) mass is 435 g/mol. The lowest BCUT2D eigenvalue weighted by atomic mass is 9.85. The Kier molecular flexibility index (Phi) is 7.48. The van der Waals surface area contributed by atoms with Crippen LogP contribution in [0.1, 0.15) is 56.4 Å². The van der Waals surface area contributed by atoms with Crippen molar-refractivity contribution in [2.24, 2.45) is 5.92 Å². The fourth-order valence-corrected chi connectivity index (χ4v) is 5.22. The zero-order valence-electron chi connectivity index (χ0n) is 19.7. The number of ether oxygens (including phenoxy) is 1. The van der Waals surface area contributed by atoms with Gasteiger partial charge in [-0.1, -0.05) is 31.2 Å². The van der Waals surface area contributed by atoms with E-state index in [0.29, 0.717) is 12.5 Å². The number of amides is 1. The number of methoxy groups -OCH3 is 1. The van der Waals surface area contributed by atoms with Gasteiger partial charge in [-0.05, 0) is 74.4 Å². The molecule has 2 aliphatic rings. The molecule has 1 amide bonds. The van der Waals surface area contributed by atoms with Crippen molar-refractivity contribution in [1.82, 2.24) is 5.32 Å². The van der Waals surface area contributed by atoms with E-state index >= 15 is 0 Å². The molecular weight excluding hydrogens is 398 g/mol. The number of anilines is 2. The van der Waals surface area contributed by atoms with E-state index in [-0.39, 0.29) is 12.1 Å². The van der Waals surface area contributed by atoms with Gasteiger partial charge in [0.15, 0.2) is 6.23 Å². The molecule has 5 nitrogen and oxygen atoms in total. The van der Waals surface area contributed by atoms with E-state index < -0.39 is 0 Å². The van der Waals surface area contributed by atoms with Gasteiger partial charge in [-0.3, -0.25) is 9.69 Å². The molecule has 1 aliphatic heterocycles. The standard InChI is InChI=1S/C27H37N3O2/c1-4-17-28-22-11-9-20(10-12-22)19-29(2)23-13-15-24(16-14-23)30-26(31)18-21-7-5-6-8-25(21)27(30)32-3/h5-8,13-16,20,22,27-28H,4,9-12,17-19H2,1-3H3. The fourth-order valence-electron chi connectivity index (χ4n) is 5.22. The second-order valence-electron chi connectivity index (χ2n) is 9.30. The average molecular weight is 436 g/mol. The van der Waals surface area contributed by atoms with Crippen LogP contribution in [0, 0.1) is 5.92 Å². The highest BCUT2D eigenvalue weighted by Crippen LogP contribution is 2.35. The van der Waals surface area contributed by atoms with Gasteiger partial charge in [-0.25, -0.2) is 0 Å². The molecule has 1 heterocycles. The molecule has 2 aromatic rings. The Hall–Kier alpha value is -2.37. The highest BCUT2D eigenvalue weighted by atomic mass is 16.5. The number of nitrogens with zero attached hydrogens (tertiary/aromatic N) is 2. The van der Waals surface area contributed by atoms with Gasteiger partial charge >= 0.3 is 0 Å². The molecular formula is C27H37N3O2. The summed E-state index contributed by atoms with van der Waals surface area (Å²) in [7, 11) is 3.85. The van der Waals surface area contributed by atoms with Gasteiger partial charge in [-0.15, -0.1) is 0 Å². The molecule has 1 atom stereocenters. The fraction of sp³-hybridized carbons (Fsp3) is 0.519. The zero-order valence-corrected chi connectivity index (χ0v) is 19.7. The first kappa shape index (κ1) is 22.8. The molecule has 0 saturated heterocycles. The van der Waals surface area contributed by atoms with Gasteiger partial charge in [-0.2, -0.15) is 0 Å². The van der Waals surface area contributed by atoms with Crippen LogP contribution in [0.15, 0.2) is 48.5 Å². The topological polar surface area (TPSA) is 44.8 Å². The minimum Gasteiger partial charge on any atom is -0.374 e. The first-order chi connectivity index (χ1) is 15.6. The molecule has 5 heteroatoms. The second-order valence-corrected chi connectivity index (χ2v) is 9.30. The Balaban J connectivity index is 1.39. The zero-order chi connectivity index (χ0) is 22.5. The number of hydrogen-bond donors (Lipinski definition) is 1. The normalized spacial score (nSPS) is 23.2. The molecule has 1 saturated carbocycles. The number of nitrogens with one attached hydrogen (secondary N) is 1. The van der Waals surface area contributed by atoms with E-state index in [1.165, 1.54) is 37.8 Å². The van der Waals surface area contributed by atoms with Crippen molar-refractivity contribution in [2.45, 2.75) is 57.7 Å². The van der Waals surface area contributed by atoms with Crippen molar-refractivity contribution in [3.8, 4) is 0 Å². The van der Waals surface area contributed by atoms with Crippen molar-refractivity contribution in [2.75, 3.05) is 37.0 Å². The summed E-state index contributed by atoms with van der Waals surface area (Å²) in [5.74, 6) is 0.822. The smallest absolute Gasteiger partial charge is 0.233 e. The van der Waals surface area contributed by atoms with E-state index in [1.807, 2.05) is 18.2 Å². The van der Waals surface area contributed by atoms with Crippen LogP contribution in [0.5, 0.6) is 0 Å². The van der Waals surface area contributed by atoms with Crippen LogP contribution >= 0.6 is 0 Å². The van der Waals surface area contributed by atoms with Crippen LogP contribution in [-0.2, 0) is 16.0 Å². The number of benzene rings is 2. The van der Waals surface area contributed by atoms with Gasteiger partial charge in [0.2, 0.25) is 5.91 Å². The van der Waals surface area contributed by atoms with Crippen molar-refractivity contribution < 1.29 is 9.53 Å². The largest absolute Gasteiger partial charge is 0.374 e. The Morgan fingerprint density at radius 1 is 1.06 bits per heavy atom. The molecule has 0 spiro atoms. The average Bonchev–Trinajstić information content (AvgIpc) is 2.82. The lowest BCUT2D eigenvalue weighted by Crippen LogP contribution is -2.41. The highest BCUT2D eigenvalue weighted by molar-refractivity contribution is 5.97. The molecule has 172 valence electrons. The number of carbonyl (C=O) groups is 1. The minimum absolute atomic E-state index is 0.0742. The molecule has 1 N–H and O–H groups in total. The molecule has 32 heavy (non-hydrogen) atoms. The predicted octanol–water partition coefficient (Wildman–Crippen LogP) is 4.92. The summed E-state index contributed by atoms with van der Waals surface area (Å²) in [6.45, 7) is 4.45. The Bertz CT molecular complexity index is 890. The van der Waals surface area contributed by atoms with Gasteiger partial charge in [0, 0.05) is 43.7 Å². The Morgan fingerprint density at radius 2 is 1.78 bits per heavy atom. The van der Waals surface area contributed by atoms with Crippen LogP contribution in [0.4, 0.5) is 11.4 Å². The third-order valence-electron chi connectivity index (χ3n) is 7.02. The Morgan fingerprint density at radius 3 is 2.47 bits per heavy atom. The maximum atomic E-state index is 12.9. The first-order valence-electron chi connectivity index (χ1n) is 12.1. The van der Waals surface area contributed by atoms with Crippen molar-refractivity contribution in [3.05, 3.63) is 59.7 Å². The molecule has 1 unspecified atom stereocenters. The van der Waals surface area contributed by atoms with Crippen LogP contribution in [0.25, 0.3) is 0 Å². The summed E-state index contributed by atoms with van der Waals surface area (Å²) < 4.78 is 5.76. The van der Waals surface area contributed by atoms with Crippen molar-refractivity contribution in [3.63, 3.8) is 0 Å². The lowest BCUT2D eigenvalue weighted by molar-refractivity contribution is -0.121. The quantitative estimate of drug-likeness (QED) is 0.640. The highest BCUT2D eigenvalue weighted by Gasteiger charge is 2.33. The third kappa shape index (κ3) is 5.00. The van der Waals surface area contributed by atoms with E-state index in [2.05, 4.69) is 54.5 Å². The third-order valence-corrected chi connectivity index (χ3v) is 7.02. The van der Waals surface area contributed by atoms with E-state index in [1.54, 1.807) is 12.0 Å². The van der Waals surface area contributed by atoms with Crippen molar-refractivity contribution in [1.29, 1.82) is 0 Å². The van der Waals surface area contributed by atoms with Crippen LogP contribution in [-0.4, -0.2) is 39.2 Å². The van der Waals surface area contributed by atoms with Gasteiger partial charge in [0.25, 0.3) is 0 Å². The molecule has 0 radical (unpaired) electrons. The van der Waals surface area contributed by atoms with Crippen LogP contribution in [0.2, 0.25) is 0 Å². The summed E-state index contributed by atoms with van der Waals surface area (Å²) in [6.07, 6.45) is 6.39. The minimum atomic E-state index is -0.382. The molecule has 1 aliphatic carbocycles. The summed E-state index contributed by atoms with van der Waals surface area (Å²) in [5, 5.41) is 3.68. The lowest BCUT2D eigenvalue weighted by Gasteiger charge is -2.36. The predicted molar refractivity (Wildman–Crippen MR) is 131 cm³/mol. The van der Waals surface area contributed by atoms with Crippen molar-refractivity contribution >= 4 is 17.3 Å². The molecule has 1 fully saturated rings. The molecule has 0 aromatic heterocycles. The number of hydrogen-bond acceptors (Lipinski definition) is 4. The number of carbonyl (C=O) groups excluding carboxylic acids is 1. The van der Waals surface area contributed by atoms with Gasteiger partial charge in [0.1, 0.15) is 0 Å². The first-order valence-corrected chi connectivity index (χ1v) is 12.1. The molecule has 2 aromatic carbocycles. The van der Waals surface area contributed by atoms with Gasteiger partial charge < -0.3 is 15.0 Å². The molecule has 4 rings (SSSR count). The van der Waals surface area contributed by atoms with E-state index in [4.69, 9.17) is 4.74 Å². The maximum absolute atomic E-state index is 12.9. The summed E-state index contributed by atoms with van der Waals surface area (Å²) in [5.41, 5.74) is 4.20. The van der Waals surface area contributed by atoms with E-state index in [9.17, 15) is 4.79 Å².